The summed E-state index contributed by atoms with van der Waals surface area (Å²) in [4.78, 5) is 12.0. The van der Waals surface area contributed by atoms with Gasteiger partial charge in [0.15, 0.2) is 0 Å². The van der Waals surface area contributed by atoms with Crippen LogP contribution in [0.5, 0.6) is 0 Å². The predicted molar refractivity (Wildman–Crippen MR) is 52.1 cm³/mol. The van der Waals surface area contributed by atoms with Gasteiger partial charge >= 0.3 is 12.1 Å². The normalized spacial score (nSPS) is 21.1. The van der Waals surface area contributed by atoms with Crippen LogP contribution in [0.4, 0.5) is 13.2 Å². The van der Waals surface area contributed by atoms with E-state index in [0.29, 0.717) is 0 Å². The summed E-state index contributed by atoms with van der Waals surface area (Å²) >= 11 is 0. The molecule has 1 saturated heterocycles. The fourth-order valence-corrected chi connectivity index (χ4v) is 1.86. The van der Waals surface area contributed by atoms with Crippen LogP contribution in [0.25, 0.3) is 0 Å². The summed E-state index contributed by atoms with van der Waals surface area (Å²) in [5.74, 6) is -1.41. The first-order valence-corrected chi connectivity index (χ1v) is 5.21. The molecule has 1 heterocycles. The van der Waals surface area contributed by atoms with Crippen LogP contribution in [0.1, 0.15) is 26.7 Å². The average molecular weight is 239 g/mol. The summed E-state index contributed by atoms with van der Waals surface area (Å²) in [5.41, 5.74) is -1.88. The fraction of sp³-hybridized carbons (Fsp3) is 0.900. The van der Waals surface area contributed by atoms with Crippen molar-refractivity contribution in [2.45, 2.75) is 38.4 Å². The lowest BCUT2D eigenvalue weighted by molar-refractivity contribution is -0.224. The predicted octanol–water partition coefficient (Wildman–Crippen LogP) is 2.12. The third kappa shape index (κ3) is 2.48. The van der Waals surface area contributed by atoms with E-state index in [1.807, 2.05) is 0 Å². The summed E-state index contributed by atoms with van der Waals surface area (Å²) in [6.07, 6.45) is -3.72. The van der Waals surface area contributed by atoms with Gasteiger partial charge in [0.2, 0.25) is 0 Å². The second-order valence-corrected chi connectivity index (χ2v) is 4.66. The zero-order chi connectivity index (χ0) is 12.6. The number of hydrogen-bond donors (Lipinski definition) is 1. The molecular formula is C10H16F3NO2. The number of nitrogens with zero attached hydrogens (tertiary/aromatic N) is 1. The molecule has 0 aliphatic carbocycles. The van der Waals surface area contributed by atoms with Crippen molar-refractivity contribution in [2.24, 2.45) is 5.92 Å². The summed E-state index contributed by atoms with van der Waals surface area (Å²) in [6, 6.07) is 0. The van der Waals surface area contributed by atoms with Crippen LogP contribution in [0.3, 0.4) is 0 Å². The maximum Gasteiger partial charge on any atom is 0.406 e. The molecule has 1 rings (SSSR count). The number of rotatable bonds is 2. The smallest absolute Gasteiger partial charge is 0.406 e. The SMILES string of the molecule is CC(C)(N1CCC(C(=O)O)CC1)C(F)(F)F. The van der Waals surface area contributed by atoms with Crippen LogP contribution >= 0.6 is 0 Å². The zero-order valence-electron chi connectivity index (χ0n) is 9.34. The summed E-state index contributed by atoms with van der Waals surface area (Å²) < 4.78 is 38.1. The van der Waals surface area contributed by atoms with Crippen molar-refractivity contribution in [1.29, 1.82) is 0 Å². The number of carboxylic acid groups (broad SMARTS) is 1. The molecule has 0 saturated carbocycles. The second-order valence-electron chi connectivity index (χ2n) is 4.66. The first-order chi connectivity index (χ1) is 7.16. The van der Waals surface area contributed by atoms with Gasteiger partial charge in [0.25, 0.3) is 0 Å². The number of carboxylic acids is 1. The van der Waals surface area contributed by atoms with Crippen molar-refractivity contribution >= 4 is 5.97 Å². The van der Waals surface area contributed by atoms with Crippen LogP contribution in [-0.4, -0.2) is 40.8 Å². The van der Waals surface area contributed by atoms with E-state index < -0.39 is 23.6 Å². The highest BCUT2D eigenvalue weighted by molar-refractivity contribution is 5.70. The minimum absolute atomic E-state index is 0.184. The molecule has 0 aromatic rings. The minimum Gasteiger partial charge on any atom is -0.481 e. The fourth-order valence-electron chi connectivity index (χ4n) is 1.86. The van der Waals surface area contributed by atoms with Crippen molar-refractivity contribution in [3.63, 3.8) is 0 Å². The highest BCUT2D eigenvalue weighted by Crippen LogP contribution is 2.37. The maximum absolute atomic E-state index is 12.7. The van der Waals surface area contributed by atoms with Gasteiger partial charge in [-0.1, -0.05) is 0 Å². The molecule has 0 spiro atoms. The topological polar surface area (TPSA) is 40.5 Å². The van der Waals surface area contributed by atoms with E-state index in [0.717, 1.165) is 13.8 Å². The molecule has 1 aliphatic heterocycles. The van der Waals surface area contributed by atoms with Gasteiger partial charge in [0, 0.05) is 0 Å². The number of piperidine rings is 1. The Morgan fingerprint density at radius 1 is 1.25 bits per heavy atom. The highest BCUT2D eigenvalue weighted by Gasteiger charge is 2.51. The van der Waals surface area contributed by atoms with Gasteiger partial charge in [-0.2, -0.15) is 13.2 Å². The summed E-state index contributed by atoms with van der Waals surface area (Å²) in [6.45, 7) is 2.63. The molecule has 0 radical (unpaired) electrons. The van der Waals surface area contributed by atoms with Gasteiger partial charge in [0.1, 0.15) is 5.54 Å². The van der Waals surface area contributed by atoms with Crippen molar-refractivity contribution in [3.05, 3.63) is 0 Å². The third-order valence-corrected chi connectivity index (χ3v) is 3.33. The van der Waals surface area contributed by atoms with Crippen LogP contribution in [0, 0.1) is 5.92 Å². The lowest BCUT2D eigenvalue weighted by atomic mass is 9.92. The largest absolute Gasteiger partial charge is 0.481 e. The van der Waals surface area contributed by atoms with E-state index in [2.05, 4.69) is 0 Å². The van der Waals surface area contributed by atoms with Crippen LogP contribution in [-0.2, 0) is 4.79 Å². The van der Waals surface area contributed by atoms with E-state index in [-0.39, 0.29) is 25.9 Å². The van der Waals surface area contributed by atoms with Crippen LogP contribution in [0.15, 0.2) is 0 Å². The molecule has 0 aromatic carbocycles. The lowest BCUT2D eigenvalue weighted by Crippen LogP contribution is -2.57. The van der Waals surface area contributed by atoms with Gasteiger partial charge in [-0.15, -0.1) is 0 Å². The number of aliphatic carboxylic acids is 1. The maximum atomic E-state index is 12.7. The van der Waals surface area contributed by atoms with Crippen molar-refractivity contribution in [3.8, 4) is 0 Å². The van der Waals surface area contributed by atoms with Crippen molar-refractivity contribution in [1.82, 2.24) is 4.90 Å². The van der Waals surface area contributed by atoms with Gasteiger partial charge < -0.3 is 5.11 Å². The van der Waals surface area contributed by atoms with Crippen molar-refractivity contribution in [2.75, 3.05) is 13.1 Å². The van der Waals surface area contributed by atoms with Crippen LogP contribution < -0.4 is 0 Å². The molecule has 3 nitrogen and oxygen atoms in total. The molecule has 16 heavy (non-hydrogen) atoms. The molecule has 0 amide bonds. The molecule has 1 N–H and O–H groups in total. The Hall–Kier alpha value is -0.780. The monoisotopic (exact) mass is 239 g/mol. The van der Waals surface area contributed by atoms with E-state index in [4.69, 9.17) is 5.11 Å². The Bertz CT molecular complexity index is 268. The third-order valence-electron chi connectivity index (χ3n) is 3.33. The van der Waals surface area contributed by atoms with E-state index in [1.54, 1.807) is 0 Å². The molecule has 6 heteroatoms. The Morgan fingerprint density at radius 2 is 1.69 bits per heavy atom. The Morgan fingerprint density at radius 3 is 2.00 bits per heavy atom. The molecule has 0 atom stereocenters. The van der Waals surface area contributed by atoms with Crippen molar-refractivity contribution < 1.29 is 23.1 Å². The van der Waals surface area contributed by atoms with Gasteiger partial charge in [-0.25, -0.2) is 0 Å². The number of halogens is 3. The van der Waals surface area contributed by atoms with E-state index in [9.17, 15) is 18.0 Å². The Labute approximate surface area is 92.2 Å². The molecular weight excluding hydrogens is 223 g/mol. The standard InChI is InChI=1S/C10H16F3NO2/c1-9(2,10(11,12)13)14-5-3-7(4-6-14)8(15)16/h7H,3-6H2,1-2H3,(H,15,16). The molecule has 0 bridgehead atoms. The second kappa shape index (κ2) is 4.24. The average Bonchev–Trinajstić information content (AvgIpc) is 2.16. The zero-order valence-corrected chi connectivity index (χ0v) is 9.34. The molecule has 94 valence electrons. The summed E-state index contributed by atoms with van der Waals surface area (Å²) in [5, 5.41) is 8.75. The lowest BCUT2D eigenvalue weighted by Gasteiger charge is -2.43. The molecule has 0 unspecified atom stereocenters. The molecule has 0 aromatic heterocycles. The number of alkyl halides is 3. The Kier molecular flexibility index (Phi) is 3.52. The molecule has 1 fully saturated rings. The number of carbonyl (C=O) groups is 1. The first kappa shape index (κ1) is 13.3. The molecule has 1 aliphatic rings. The number of hydrogen-bond acceptors (Lipinski definition) is 2. The highest BCUT2D eigenvalue weighted by atomic mass is 19.4. The van der Waals surface area contributed by atoms with Gasteiger partial charge in [0.05, 0.1) is 5.92 Å². The van der Waals surface area contributed by atoms with E-state index in [1.165, 1.54) is 4.90 Å². The van der Waals surface area contributed by atoms with Gasteiger partial charge in [-0.3, -0.25) is 9.69 Å². The summed E-state index contributed by atoms with van der Waals surface area (Å²) in [7, 11) is 0. The Balaban J connectivity index is 2.63. The first-order valence-electron chi connectivity index (χ1n) is 5.21. The minimum atomic E-state index is -4.29. The van der Waals surface area contributed by atoms with Crippen LogP contribution in [0.2, 0.25) is 0 Å². The van der Waals surface area contributed by atoms with Gasteiger partial charge in [-0.05, 0) is 39.8 Å². The quantitative estimate of drug-likeness (QED) is 0.802. The number of likely N-dealkylation sites (tertiary alicyclic amines) is 1. The van der Waals surface area contributed by atoms with E-state index >= 15 is 0 Å².